The zero-order chi connectivity index (χ0) is 46.4. The molecule has 0 bridgehead atoms. The first-order valence-corrected chi connectivity index (χ1v) is 22.3. The predicted octanol–water partition coefficient (Wildman–Crippen LogP) is -3.48. The number of nitrogens with two attached hydrogens (primary N) is 2. The van der Waals surface area contributed by atoms with Crippen molar-refractivity contribution in [3.8, 4) is 0 Å². The van der Waals surface area contributed by atoms with Crippen molar-refractivity contribution in [1.29, 1.82) is 0 Å². The molecule has 346 valence electrons. The number of carboxylic acids is 1. The van der Waals surface area contributed by atoms with Crippen molar-refractivity contribution in [2.75, 3.05) is 29.7 Å². The highest BCUT2D eigenvalue weighted by Crippen LogP contribution is 2.17. The average Bonchev–Trinajstić information content (AvgIpc) is 3.18. The normalized spacial score (nSPS) is 22.2. The maximum atomic E-state index is 13.8. The molecule has 0 aliphatic carbocycles. The van der Waals surface area contributed by atoms with Gasteiger partial charge in [0.25, 0.3) is 0 Å². The summed E-state index contributed by atoms with van der Waals surface area (Å²) in [5.41, 5.74) is 11.1. The molecule has 1 aliphatic heterocycles. The van der Waals surface area contributed by atoms with Crippen LogP contribution in [0.2, 0.25) is 0 Å². The van der Waals surface area contributed by atoms with Gasteiger partial charge in [-0.2, -0.15) is 0 Å². The van der Waals surface area contributed by atoms with Crippen LogP contribution in [0.5, 0.6) is 0 Å². The van der Waals surface area contributed by atoms with Crippen molar-refractivity contribution in [3.05, 3.63) is 0 Å². The minimum absolute atomic E-state index is 0.109. The number of unbranched alkanes of at least 4 members (excludes halogenated alkanes) is 1. The van der Waals surface area contributed by atoms with Crippen LogP contribution in [-0.4, -0.2) is 147 Å². The highest BCUT2D eigenvalue weighted by atomic mass is 32.2. The van der Waals surface area contributed by atoms with E-state index < -0.39 is 126 Å². The summed E-state index contributed by atoms with van der Waals surface area (Å²) in [7, 11) is 0. The van der Waals surface area contributed by atoms with Crippen LogP contribution in [0, 0.1) is 11.8 Å². The van der Waals surface area contributed by atoms with Crippen molar-refractivity contribution in [2.24, 2.45) is 23.3 Å². The van der Waals surface area contributed by atoms with Crippen LogP contribution >= 0.6 is 23.5 Å². The Morgan fingerprint density at radius 1 is 0.820 bits per heavy atom. The van der Waals surface area contributed by atoms with E-state index >= 15 is 0 Å². The van der Waals surface area contributed by atoms with E-state index in [0.29, 0.717) is 25.8 Å². The third-order valence-corrected chi connectivity index (χ3v) is 12.0. The van der Waals surface area contributed by atoms with Crippen LogP contribution < -0.4 is 54.0 Å². The molecule has 0 saturated carbocycles. The summed E-state index contributed by atoms with van der Waals surface area (Å²) < 4.78 is 0. The molecule has 61 heavy (non-hydrogen) atoms. The van der Waals surface area contributed by atoms with Gasteiger partial charge in [-0.1, -0.05) is 34.1 Å². The Morgan fingerprint density at radius 3 is 2.03 bits per heavy atom. The van der Waals surface area contributed by atoms with Crippen molar-refractivity contribution < 1.29 is 58.2 Å². The lowest BCUT2D eigenvalue weighted by Gasteiger charge is -2.28. The number of aliphatic carboxylic acids is 1. The Bertz CT molecular complexity index is 1560. The third-order valence-electron chi connectivity index (χ3n) is 9.49. The molecule has 14 N–H and O–H groups in total. The number of carbonyl (C=O) groups excluding carboxylic acids is 9. The molecule has 9 atom stereocenters. The van der Waals surface area contributed by atoms with E-state index in [1.54, 1.807) is 27.7 Å². The fraction of sp³-hybridized carbons (Fsp3) is 0.730. The van der Waals surface area contributed by atoms with Gasteiger partial charge in [-0.05, 0) is 51.0 Å². The number of carbonyl (C=O) groups is 10. The largest absolute Gasteiger partial charge is 0.481 e. The zero-order valence-corrected chi connectivity index (χ0v) is 37.1. The lowest BCUT2D eigenvalue weighted by molar-refractivity contribution is -0.138. The summed E-state index contributed by atoms with van der Waals surface area (Å²) in [6.07, 6.45) is -0.884. The Hall–Kier alpha value is -4.68. The Labute approximate surface area is 363 Å². The Balaban J connectivity index is 3.56. The second-order valence-corrected chi connectivity index (χ2v) is 17.4. The molecular formula is C37H64N10O12S2. The number of carboxylic acid groups (broad SMARTS) is 1. The third kappa shape index (κ3) is 20.2. The number of primary amides is 1. The van der Waals surface area contributed by atoms with Crippen molar-refractivity contribution in [3.63, 3.8) is 0 Å². The molecule has 1 heterocycles. The van der Waals surface area contributed by atoms with Crippen molar-refractivity contribution >= 4 is 82.7 Å². The maximum Gasteiger partial charge on any atom is 0.303 e. The fourth-order valence-corrected chi connectivity index (χ4v) is 7.94. The summed E-state index contributed by atoms with van der Waals surface area (Å²) in [4.78, 5) is 130. The molecule has 1 rings (SSSR count). The summed E-state index contributed by atoms with van der Waals surface area (Å²) in [6.45, 7) is 8.92. The SMILES string of the molecule is CC[C@H](C)[C@@H]1NC(=O)CNC(=O)[C@H]([C@@H](C)O)NC(=O)[C@@H](NC(=O)[C@H](CCCCN)NC(=O)[C@@H](NC(C)=O)C(C)C)CSCSC[C@@H](C(=O)N[C@@H](CCC(=O)O)C(N)=O)NC1=O. The monoisotopic (exact) mass is 904 g/mol. The first-order chi connectivity index (χ1) is 28.6. The van der Waals surface area contributed by atoms with Crippen molar-refractivity contribution in [1.82, 2.24) is 42.5 Å². The maximum absolute atomic E-state index is 13.8. The molecule has 1 aliphatic rings. The molecule has 0 unspecified atom stereocenters. The van der Waals surface area contributed by atoms with Gasteiger partial charge in [-0.3, -0.25) is 47.9 Å². The first-order valence-electron chi connectivity index (χ1n) is 20.0. The van der Waals surface area contributed by atoms with Gasteiger partial charge in [-0.15, -0.1) is 23.5 Å². The summed E-state index contributed by atoms with van der Waals surface area (Å²) in [6, 6.07) is -9.10. The summed E-state index contributed by atoms with van der Waals surface area (Å²) in [5.74, 6) is -9.57. The summed E-state index contributed by atoms with van der Waals surface area (Å²) in [5, 5.41) is 39.9. The molecule has 9 amide bonds. The standard InChI is InChI=1S/C37H64N10O12S2/c1-7-19(4)29-37(59)45-24(33(55)42-22(31(39)53)11-12-27(51)52)15-60-17-61-16-25(34(56)47-30(20(5)48)35(57)40-14-26(50)46-29)44-32(54)23(10-8-9-13-38)43-36(58)28(18(2)3)41-21(6)49/h18-20,22-25,28-30,48H,7-17,38H2,1-6H3,(H2,39,53)(H,40,57)(H,41,49)(H,42,55)(H,43,58)(H,44,54)(H,45,59)(H,46,50)(H,47,56)(H,51,52)/t19-,20+,22-,23-,24-,25-,28-,29-,30-/m0/s1. The average molecular weight is 905 g/mol. The van der Waals surface area contributed by atoms with Crippen LogP contribution in [0.25, 0.3) is 0 Å². The number of amides is 9. The summed E-state index contributed by atoms with van der Waals surface area (Å²) >= 11 is 2.22. The van der Waals surface area contributed by atoms with Gasteiger partial charge in [0.2, 0.25) is 53.2 Å². The van der Waals surface area contributed by atoms with Gasteiger partial charge >= 0.3 is 5.97 Å². The molecule has 1 fully saturated rings. The molecule has 0 aromatic rings. The number of nitrogens with one attached hydrogen (secondary N) is 8. The Kier molecular flexibility index (Phi) is 25.0. The molecule has 0 radical (unpaired) electrons. The minimum Gasteiger partial charge on any atom is -0.481 e. The van der Waals surface area contributed by atoms with Gasteiger partial charge < -0.3 is 64.2 Å². The molecule has 0 aromatic heterocycles. The minimum atomic E-state index is -1.60. The van der Waals surface area contributed by atoms with E-state index in [4.69, 9.17) is 16.6 Å². The van der Waals surface area contributed by atoms with Crippen LogP contribution in [0.15, 0.2) is 0 Å². The van der Waals surface area contributed by atoms with Gasteiger partial charge in [0, 0.05) is 29.9 Å². The number of aliphatic hydroxyl groups excluding tert-OH is 1. The predicted molar refractivity (Wildman–Crippen MR) is 227 cm³/mol. The molecule has 1 saturated heterocycles. The number of aliphatic hydroxyl groups is 1. The van der Waals surface area contributed by atoms with Crippen LogP contribution in [0.4, 0.5) is 0 Å². The fourth-order valence-electron chi connectivity index (χ4n) is 5.76. The molecule has 0 aromatic carbocycles. The van der Waals surface area contributed by atoms with Gasteiger partial charge in [0.15, 0.2) is 0 Å². The van der Waals surface area contributed by atoms with E-state index in [2.05, 4.69) is 42.5 Å². The van der Waals surface area contributed by atoms with Gasteiger partial charge in [0.05, 0.1) is 12.6 Å². The number of rotatable bonds is 19. The lowest BCUT2D eigenvalue weighted by Crippen LogP contribution is -2.61. The topological polar surface area (TPSA) is 359 Å². The van der Waals surface area contributed by atoms with Crippen LogP contribution in [0.3, 0.4) is 0 Å². The number of hydrogen-bond donors (Lipinski definition) is 12. The highest BCUT2D eigenvalue weighted by molar-refractivity contribution is 8.16. The molecule has 24 heteroatoms. The van der Waals surface area contributed by atoms with E-state index in [9.17, 15) is 53.1 Å². The molecule has 0 spiro atoms. The Morgan fingerprint density at radius 2 is 1.48 bits per heavy atom. The molecular weight excluding hydrogens is 841 g/mol. The van der Waals surface area contributed by atoms with E-state index in [1.165, 1.54) is 13.8 Å². The highest BCUT2D eigenvalue weighted by Gasteiger charge is 2.35. The lowest BCUT2D eigenvalue weighted by atomic mass is 9.98. The second-order valence-electron chi connectivity index (χ2n) is 15.0. The van der Waals surface area contributed by atoms with E-state index in [1.807, 2.05) is 0 Å². The number of hydrogen-bond acceptors (Lipinski definition) is 14. The van der Waals surface area contributed by atoms with Crippen LogP contribution in [0.1, 0.15) is 80.1 Å². The second kappa shape index (κ2) is 28.0. The van der Waals surface area contributed by atoms with Gasteiger partial charge in [-0.25, -0.2) is 0 Å². The quantitative estimate of drug-likeness (QED) is 0.0560. The molecule has 22 nitrogen and oxygen atoms in total. The number of thioether (sulfide) groups is 2. The van der Waals surface area contributed by atoms with E-state index in [0.717, 1.165) is 23.5 Å². The van der Waals surface area contributed by atoms with Gasteiger partial charge in [0.1, 0.15) is 42.3 Å². The zero-order valence-electron chi connectivity index (χ0n) is 35.5. The smallest absolute Gasteiger partial charge is 0.303 e. The first kappa shape index (κ1) is 54.3. The van der Waals surface area contributed by atoms with Crippen molar-refractivity contribution in [2.45, 2.75) is 128 Å². The van der Waals surface area contributed by atoms with E-state index in [-0.39, 0.29) is 35.4 Å². The van der Waals surface area contributed by atoms with Crippen LogP contribution in [-0.2, 0) is 47.9 Å².